The van der Waals surface area contributed by atoms with E-state index >= 15 is 0 Å². The van der Waals surface area contributed by atoms with Crippen LogP contribution in [0.4, 0.5) is 0 Å². The molecule has 0 bridgehead atoms. The van der Waals surface area contributed by atoms with Gasteiger partial charge in [-0.1, -0.05) is 29.8 Å². The standard InChI is InChI=1S/C16H17ClN4O/c17-12-6-4-11(5-7-12)14-9-15(21-20-14)16(22)19-10-13-3-1-2-8-18-13/h1-8,14-15,20-21H,9-10H2,(H,19,22). The van der Waals surface area contributed by atoms with E-state index in [4.69, 9.17) is 11.6 Å². The summed E-state index contributed by atoms with van der Waals surface area (Å²) in [6.07, 6.45) is 2.41. The molecule has 0 radical (unpaired) electrons. The highest BCUT2D eigenvalue weighted by Gasteiger charge is 2.29. The summed E-state index contributed by atoms with van der Waals surface area (Å²) in [6, 6.07) is 13.1. The van der Waals surface area contributed by atoms with Gasteiger partial charge in [0.2, 0.25) is 5.91 Å². The van der Waals surface area contributed by atoms with Crippen LogP contribution in [0.5, 0.6) is 0 Å². The molecule has 1 saturated heterocycles. The fourth-order valence-corrected chi connectivity index (χ4v) is 2.57. The first-order valence-electron chi connectivity index (χ1n) is 7.16. The van der Waals surface area contributed by atoms with Gasteiger partial charge in [0.1, 0.15) is 6.04 Å². The van der Waals surface area contributed by atoms with Gasteiger partial charge in [-0.3, -0.25) is 9.78 Å². The minimum atomic E-state index is -0.260. The Kier molecular flexibility index (Phi) is 4.68. The Morgan fingerprint density at radius 3 is 2.77 bits per heavy atom. The van der Waals surface area contributed by atoms with Gasteiger partial charge < -0.3 is 5.32 Å². The number of hydrogen-bond acceptors (Lipinski definition) is 4. The van der Waals surface area contributed by atoms with Crippen LogP contribution >= 0.6 is 11.6 Å². The molecule has 5 nitrogen and oxygen atoms in total. The van der Waals surface area contributed by atoms with Crippen LogP contribution in [-0.4, -0.2) is 16.9 Å². The summed E-state index contributed by atoms with van der Waals surface area (Å²) in [5.74, 6) is -0.0328. The summed E-state index contributed by atoms with van der Waals surface area (Å²) < 4.78 is 0. The van der Waals surface area contributed by atoms with Crippen LogP contribution in [0.15, 0.2) is 48.7 Å². The lowest BCUT2D eigenvalue weighted by atomic mass is 10.0. The molecule has 2 atom stereocenters. The lowest BCUT2D eigenvalue weighted by Crippen LogP contribution is -2.42. The Hall–Kier alpha value is -1.95. The Morgan fingerprint density at radius 2 is 2.05 bits per heavy atom. The van der Waals surface area contributed by atoms with Crippen LogP contribution in [0.2, 0.25) is 5.02 Å². The van der Waals surface area contributed by atoms with E-state index in [2.05, 4.69) is 21.2 Å². The zero-order valence-electron chi connectivity index (χ0n) is 11.9. The number of nitrogens with one attached hydrogen (secondary N) is 3. The number of carbonyl (C=O) groups excluding carboxylic acids is 1. The smallest absolute Gasteiger partial charge is 0.238 e. The number of benzene rings is 1. The molecule has 1 aromatic heterocycles. The monoisotopic (exact) mass is 316 g/mol. The fraction of sp³-hybridized carbons (Fsp3) is 0.250. The van der Waals surface area contributed by atoms with Gasteiger partial charge in [0.25, 0.3) is 0 Å². The third-order valence-corrected chi connectivity index (χ3v) is 3.91. The lowest BCUT2D eigenvalue weighted by Gasteiger charge is -2.10. The third kappa shape index (κ3) is 3.62. The van der Waals surface area contributed by atoms with Crippen molar-refractivity contribution in [1.82, 2.24) is 21.2 Å². The van der Waals surface area contributed by atoms with Crippen LogP contribution in [-0.2, 0) is 11.3 Å². The maximum atomic E-state index is 12.2. The quantitative estimate of drug-likeness (QED) is 0.807. The van der Waals surface area contributed by atoms with Gasteiger partial charge in [-0.2, -0.15) is 0 Å². The number of nitrogens with zero attached hydrogens (tertiary/aromatic N) is 1. The Bertz CT molecular complexity index is 632. The zero-order valence-corrected chi connectivity index (χ0v) is 12.7. The van der Waals surface area contributed by atoms with Crippen LogP contribution in [0.3, 0.4) is 0 Å². The number of amides is 1. The van der Waals surface area contributed by atoms with Gasteiger partial charge in [-0.05, 0) is 36.2 Å². The molecule has 3 N–H and O–H groups in total. The summed E-state index contributed by atoms with van der Waals surface area (Å²) in [6.45, 7) is 0.434. The van der Waals surface area contributed by atoms with Gasteiger partial charge in [0, 0.05) is 17.3 Å². The molecule has 1 aromatic carbocycles. The molecule has 2 aromatic rings. The van der Waals surface area contributed by atoms with Crippen molar-refractivity contribution >= 4 is 17.5 Å². The molecule has 114 valence electrons. The lowest BCUT2D eigenvalue weighted by molar-refractivity contribution is -0.123. The molecule has 1 fully saturated rings. The van der Waals surface area contributed by atoms with Crippen molar-refractivity contribution in [3.8, 4) is 0 Å². The summed E-state index contributed by atoms with van der Waals surface area (Å²) in [5.41, 5.74) is 8.14. The van der Waals surface area contributed by atoms with Crippen molar-refractivity contribution in [3.63, 3.8) is 0 Å². The average molecular weight is 317 g/mol. The second-order valence-corrected chi connectivity index (χ2v) is 5.66. The first kappa shape index (κ1) is 15.0. The molecule has 1 aliphatic heterocycles. The van der Waals surface area contributed by atoms with E-state index in [0.717, 1.165) is 11.3 Å². The van der Waals surface area contributed by atoms with Gasteiger partial charge in [0.05, 0.1) is 12.2 Å². The molecule has 2 heterocycles. The molecule has 0 saturated carbocycles. The van der Waals surface area contributed by atoms with E-state index in [1.54, 1.807) is 6.20 Å². The maximum Gasteiger partial charge on any atom is 0.238 e. The first-order valence-corrected chi connectivity index (χ1v) is 7.54. The van der Waals surface area contributed by atoms with Crippen molar-refractivity contribution in [2.24, 2.45) is 0 Å². The minimum Gasteiger partial charge on any atom is -0.349 e. The molecular formula is C16H17ClN4O. The zero-order chi connectivity index (χ0) is 15.4. The summed E-state index contributed by atoms with van der Waals surface area (Å²) in [4.78, 5) is 16.4. The van der Waals surface area contributed by atoms with E-state index < -0.39 is 0 Å². The number of hydrogen-bond donors (Lipinski definition) is 3. The topological polar surface area (TPSA) is 66.0 Å². The predicted octanol–water partition coefficient (Wildman–Crippen LogP) is 1.96. The second kappa shape index (κ2) is 6.87. The van der Waals surface area contributed by atoms with Crippen molar-refractivity contribution in [3.05, 3.63) is 64.9 Å². The molecule has 1 aliphatic rings. The largest absolute Gasteiger partial charge is 0.349 e. The van der Waals surface area contributed by atoms with Crippen LogP contribution in [0.1, 0.15) is 23.7 Å². The van der Waals surface area contributed by atoms with E-state index in [1.165, 1.54) is 0 Å². The Morgan fingerprint density at radius 1 is 1.23 bits per heavy atom. The number of hydrazine groups is 1. The van der Waals surface area contributed by atoms with Gasteiger partial charge in [-0.25, -0.2) is 10.9 Å². The first-order chi connectivity index (χ1) is 10.7. The van der Waals surface area contributed by atoms with E-state index in [1.807, 2.05) is 42.5 Å². The molecule has 22 heavy (non-hydrogen) atoms. The minimum absolute atomic E-state index is 0.0328. The van der Waals surface area contributed by atoms with Gasteiger partial charge in [-0.15, -0.1) is 0 Å². The SMILES string of the molecule is O=C(NCc1ccccn1)C1CC(c2ccc(Cl)cc2)NN1. The van der Waals surface area contributed by atoms with Gasteiger partial charge >= 0.3 is 0 Å². The number of pyridine rings is 1. The summed E-state index contributed by atoms with van der Waals surface area (Å²) in [7, 11) is 0. The molecule has 2 unspecified atom stereocenters. The number of aromatic nitrogens is 1. The molecule has 6 heteroatoms. The third-order valence-electron chi connectivity index (χ3n) is 3.66. The van der Waals surface area contributed by atoms with Crippen molar-refractivity contribution < 1.29 is 4.79 Å². The van der Waals surface area contributed by atoms with Crippen LogP contribution in [0.25, 0.3) is 0 Å². The molecule has 0 spiro atoms. The van der Waals surface area contributed by atoms with Crippen molar-refractivity contribution in [2.75, 3.05) is 0 Å². The average Bonchev–Trinajstić information content (AvgIpc) is 3.04. The fourth-order valence-electron chi connectivity index (χ4n) is 2.45. The molecule has 1 amide bonds. The Balaban J connectivity index is 1.53. The summed E-state index contributed by atoms with van der Waals surface area (Å²) in [5, 5.41) is 3.60. The second-order valence-electron chi connectivity index (χ2n) is 5.22. The number of rotatable bonds is 4. The highest BCUT2D eigenvalue weighted by molar-refractivity contribution is 6.30. The van der Waals surface area contributed by atoms with Crippen molar-refractivity contribution in [1.29, 1.82) is 0 Å². The van der Waals surface area contributed by atoms with Gasteiger partial charge in [0.15, 0.2) is 0 Å². The van der Waals surface area contributed by atoms with Crippen molar-refractivity contribution in [2.45, 2.75) is 25.0 Å². The normalized spacial score (nSPS) is 20.8. The van der Waals surface area contributed by atoms with E-state index in [0.29, 0.717) is 18.0 Å². The van der Waals surface area contributed by atoms with E-state index in [9.17, 15) is 4.79 Å². The molecule has 3 rings (SSSR count). The van der Waals surface area contributed by atoms with Crippen LogP contribution < -0.4 is 16.2 Å². The van der Waals surface area contributed by atoms with Crippen LogP contribution in [0, 0.1) is 0 Å². The predicted molar refractivity (Wildman–Crippen MR) is 85.0 cm³/mol. The highest BCUT2D eigenvalue weighted by Crippen LogP contribution is 2.23. The number of carbonyl (C=O) groups is 1. The number of halogens is 1. The maximum absolute atomic E-state index is 12.2. The van der Waals surface area contributed by atoms with E-state index in [-0.39, 0.29) is 18.0 Å². The molecular weight excluding hydrogens is 300 g/mol. The molecule has 0 aliphatic carbocycles. The Labute approximate surface area is 134 Å². The summed E-state index contributed by atoms with van der Waals surface area (Å²) >= 11 is 5.89. The highest BCUT2D eigenvalue weighted by atomic mass is 35.5.